The molecule has 50 heavy (non-hydrogen) atoms. The molecule has 0 aliphatic rings. The van der Waals surface area contributed by atoms with E-state index in [0.29, 0.717) is 0 Å². The minimum Gasteiger partial charge on any atom is -0.456 e. The molecular weight excluding hydrogens is 607 g/mol. The Morgan fingerprint density at radius 1 is 0.320 bits per heavy atom. The van der Waals surface area contributed by atoms with Crippen LogP contribution in [0.4, 0.5) is 17.1 Å². The van der Waals surface area contributed by atoms with Crippen LogP contribution in [0.25, 0.3) is 76.5 Å². The first-order valence-electron chi connectivity index (χ1n) is 17.1. The Morgan fingerprint density at radius 3 is 1.68 bits per heavy atom. The molecule has 0 saturated carbocycles. The molecule has 0 N–H and O–H groups in total. The number of furan rings is 1. The van der Waals surface area contributed by atoms with E-state index in [9.17, 15) is 0 Å². The second kappa shape index (κ2) is 11.5. The number of hydrogen-bond acceptors (Lipinski definition) is 2. The molecule has 2 nitrogen and oxygen atoms in total. The molecule has 234 valence electrons. The third-order valence-corrected chi connectivity index (χ3v) is 10.0. The number of anilines is 3. The smallest absolute Gasteiger partial charge is 0.138 e. The van der Waals surface area contributed by atoms with E-state index in [1.54, 1.807) is 0 Å². The van der Waals surface area contributed by atoms with E-state index in [2.05, 4.69) is 187 Å². The maximum Gasteiger partial charge on any atom is 0.138 e. The van der Waals surface area contributed by atoms with Crippen LogP contribution in [0.1, 0.15) is 0 Å². The van der Waals surface area contributed by atoms with Gasteiger partial charge in [-0.25, -0.2) is 0 Å². The van der Waals surface area contributed by atoms with Gasteiger partial charge in [0.15, 0.2) is 0 Å². The minimum atomic E-state index is 0.867. The fourth-order valence-corrected chi connectivity index (χ4v) is 7.64. The molecule has 2 heteroatoms. The lowest BCUT2D eigenvalue weighted by atomic mass is 9.96. The normalized spacial score (nSPS) is 11.6. The van der Waals surface area contributed by atoms with Crippen molar-refractivity contribution in [2.45, 2.75) is 0 Å². The van der Waals surface area contributed by atoms with Crippen LogP contribution < -0.4 is 4.90 Å². The van der Waals surface area contributed by atoms with Crippen molar-refractivity contribution in [1.29, 1.82) is 0 Å². The highest BCUT2D eigenvalue weighted by Crippen LogP contribution is 2.45. The predicted molar refractivity (Wildman–Crippen MR) is 212 cm³/mol. The molecule has 0 unspecified atom stereocenters. The summed E-state index contributed by atoms with van der Waals surface area (Å²) in [5, 5.41) is 9.74. The molecule has 0 amide bonds. The van der Waals surface area contributed by atoms with Crippen molar-refractivity contribution in [2.24, 2.45) is 0 Å². The first-order chi connectivity index (χ1) is 24.8. The predicted octanol–water partition coefficient (Wildman–Crippen LogP) is 13.8. The van der Waals surface area contributed by atoms with Crippen molar-refractivity contribution >= 4 is 71.3 Å². The van der Waals surface area contributed by atoms with E-state index in [1.807, 2.05) is 6.07 Å². The zero-order chi connectivity index (χ0) is 33.0. The van der Waals surface area contributed by atoms with Gasteiger partial charge in [0.2, 0.25) is 0 Å². The van der Waals surface area contributed by atoms with Crippen molar-refractivity contribution < 1.29 is 4.42 Å². The van der Waals surface area contributed by atoms with Crippen molar-refractivity contribution in [3.05, 3.63) is 188 Å². The molecular formula is C48H31NO. The monoisotopic (exact) mass is 637 g/mol. The first kappa shape index (κ1) is 28.4. The molecule has 0 aliphatic heterocycles. The summed E-state index contributed by atoms with van der Waals surface area (Å²) in [7, 11) is 0. The summed E-state index contributed by atoms with van der Waals surface area (Å²) >= 11 is 0. The van der Waals surface area contributed by atoms with Crippen LogP contribution in [-0.4, -0.2) is 0 Å². The Balaban J connectivity index is 1.24. The number of rotatable bonds is 5. The Labute approximate surface area is 290 Å². The average molecular weight is 638 g/mol. The highest BCUT2D eigenvalue weighted by molar-refractivity contribution is 6.18. The lowest BCUT2D eigenvalue weighted by molar-refractivity contribution is 0.669. The summed E-state index contributed by atoms with van der Waals surface area (Å²) < 4.78 is 6.60. The molecule has 0 radical (unpaired) electrons. The summed E-state index contributed by atoms with van der Waals surface area (Å²) in [6, 6.07) is 67.5. The molecule has 0 atom stereocenters. The number of hydrogen-bond donors (Lipinski definition) is 0. The summed E-state index contributed by atoms with van der Waals surface area (Å²) in [5.41, 5.74) is 9.63. The van der Waals surface area contributed by atoms with Gasteiger partial charge < -0.3 is 9.32 Å². The van der Waals surface area contributed by atoms with Gasteiger partial charge in [-0.05, 0) is 91.0 Å². The fourth-order valence-electron chi connectivity index (χ4n) is 7.64. The van der Waals surface area contributed by atoms with Crippen molar-refractivity contribution in [3.8, 4) is 22.3 Å². The molecule has 0 spiro atoms. The molecule has 1 heterocycles. The van der Waals surface area contributed by atoms with Gasteiger partial charge >= 0.3 is 0 Å². The second-order valence-corrected chi connectivity index (χ2v) is 12.9. The van der Waals surface area contributed by atoms with Crippen LogP contribution in [0.15, 0.2) is 192 Å². The zero-order valence-electron chi connectivity index (χ0n) is 27.3. The Kier molecular flexibility index (Phi) is 6.53. The van der Waals surface area contributed by atoms with Gasteiger partial charge in [-0.3, -0.25) is 0 Å². The van der Waals surface area contributed by atoms with Crippen LogP contribution in [0.2, 0.25) is 0 Å². The molecule has 0 fully saturated rings. The van der Waals surface area contributed by atoms with E-state index >= 15 is 0 Å². The molecule has 10 aromatic rings. The summed E-state index contributed by atoms with van der Waals surface area (Å²) in [6.45, 7) is 0. The summed E-state index contributed by atoms with van der Waals surface area (Å²) in [5.74, 6) is 0. The van der Waals surface area contributed by atoms with Crippen LogP contribution in [-0.2, 0) is 0 Å². The maximum absolute atomic E-state index is 6.60. The largest absolute Gasteiger partial charge is 0.456 e. The Hall–Kier alpha value is -6.64. The van der Waals surface area contributed by atoms with E-state index in [0.717, 1.165) is 50.1 Å². The molecule has 0 bridgehead atoms. The lowest BCUT2D eigenvalue weighted by Crippen LogP contribution is -2.10. The van der Waals surface area contributed by atoms with Crippen LogP contribution >= 0.6 is 0 Å². The highest BCUT2D eigenvalue weighted by Gasteiger charge is 2.20. The molecule has 1 aromatic heterocycles. The van der Waals surface area contributed by atoms with Gasteiger partial charge in [-0.15, -0.1) is 0 Å². The van der Waals surface area contributed by atoms with Gasteiger partial charge in [0, 0.05) is 28.2 Å². The first-order valence-corrected chi connectivity index (χ1v) is 17.1. The van der Waals surface area contributed by atoms with Crippen molar-refractivity contribution in [2.75, 3.05) is 4.90 Å². The maximum atomic E-state index is 6.60. The van der Waals surface area contributed by atoms with E-state index in [4.69, 9.17) is 4.42 Å². The van der Waals surface area contributed by atoms with E-state index in [1.165, 1.54) is 43.4 Å². The van der Waals surface area contributed by atoms with Gasteiger partial charge in [0.1, 0.15) is 11.2 Å². The lowest BCUT2D eigenvalue weighted by Gasteiger charge is -2.27. The number of para-hydroxylation sites is 1. The Morgan fingerprint density at radius 2 is 0.900 bits per heavy atom. The molecule has 0 saturated heterocycles. The average Bonchev–Trinajstić information content (AvgIpc) is 3.57. The summed E-state index contributed by atoms with van der Waals surface area (Å²) in [4.78, 5) is 2.37. The van der Waals surface area contributed by atoms with Gasteiger partial charge in [-0.1, -0.05) is 146 Å². The highest BCUT2D eigenvalue weighted by atomic mass is 16.3. The third kappa shape index (κ3) is 4.65. The van der Waals surface area contributed by atoms with Gasteiger partial charge in [0.05, 0.1) is 5.69 Å². The standard InChI is InChI=1S/C48H31NO/c1-3-11-32(12-4-1)33-19-24-37(25-20-33)49(38-26-21-36-23-27-41-40-16-8-7-15-35(40)22-28-42(41)44(36)29-38)39-30-45(34-13-5-2-6-14-34)48-43-17-9-10-18-46(43)50-47(48)31-39/h1-31H. The van der Waals surface area contributed by atoms with Gasteiger partial charge in [0.25, 0.3) is 0 Å². The van der Waals surface area contributed by atoms with Gasteiger partial charge in [-0.2, -0.15) is 0 Å². The summed E-state index contributed by atoms with van der Waals surface area (Å²) in [6.07, 6.45) is 0. The number of nitrogens with zero attached hydrogens (tertiary/aromatic N) is 1. The minimum absolute atomic E-state index is 0.867. The van der Waals surface area contributed by atoms with E-state index < -0.39 is 0 Å². The zero-order valence-corrected chi connectivity index (χ0v) is 27.3. The topological polar surface area (TPSA) is 16.4 Å². The second-order valence-electron chi connectivity index (χ2n) is 12.9. The Bertz CT molecular complexity index is 2850. The van der Waals surface area contributed by atoms with Crippen LogP contribution in [0, 0.1) is 0 Å². The third-order valence-electron chi connectivity index (χ3n) is 10.0. The van der Waals surface area contributed by atoms with Crippen LogP contribution in [0.3, 0.4) is 0 Å². The van der Waals surface area contributed by atoms with Crippen molar-refractivity contribution in [3.63, 3.8) is 0 Å². The molecule has 10 rings (SSSR count). The van der Waals surface area contributed by atoms with E-state index in [-0.39, 0.29) is 0 Å². The quantitative estimate of drug-likeness (QED) is 0.175. The molecule has 0 aliphatic carbocycles. The SMILES string of the molecule is c1ccc(-c2ccc(N(c3cc(-c4ccccc4)c4c(c3)oc3ccccc34)c3ccc4ccc5c6ccccc6ccc5c4c3)cc2)cc1. The van der Waals surface area contributed by atoms with Crippen molar-refractivity contribution in [1.82, 2.24) is 0 Å². The fraction of sp³-hybridized carbons (Fsp3) is 0. The number of fused-ring (bicyclic) bond motifs is 8. The van der Waals surface area contributed by atoms with Crippen LogP contribution in [0.5, 0.6) is 0 Å². The number of benzene rings is 9. The molecule has 9 aromatic carbocycles.